The number of H-pyrrole nitrogens is 1. The number of imidazole rings is 1. The Balaban J connectivity index is 2.76. The minimum absolute atomic E-state index is 0.133. The lowest BCUT2D eigenvalue weighted by Gasteiger charge is -2.01. The Bertz CT molecular complexity index is 493. The van der Waals surface area contributed by atoms with Crippen LogP contribution in [0.2, 0.25) is 0 Å². The first kappa shape index (κ1) is 8.68. The van der Waals surface area contributed by atoms with Crippen molar-refractivity contribution in [1.82, 2.24) is 9.97 Å². The monoisotopic (exact) mass is 194 g/mol. The standard InChI is InChI=1S/C9H7FN2O2/c1-14-9(13)7-5(10)2-3-6-8(7)12-4-11-6/h2-4H,1H3,(H,11,12). The van der Waals surface area contributed by atoms with E-state index >= 15 is 0 Å². The molecule has 0 aliphatic heterocycles. The van der Waals surface area contributed by atoms with E-state index in [-0.39, 0.29) is 11.1 Å². The van der Waals surface area contributed by atoms with Gasteiger partial charge in [0.15, 0.2) is 0 Å². The van der Waals surface area contributed by atoms with Crippen LogP contribution in [0.1, 0.15) is 10.4 Å². The number of carbonyl (C=O) groups is 1. The highest BCUT2D eigenvalue weighted by molar-refractivity contribution is 6.01. The third-order valence-electron chi connectivity index (χ3n) is 1.93. The van der Waals surface area contributed by atoms with E-state index in [9.17, 15) is 9.18 Å². The van der Waals surface area contributed by atoms with Crippen LogP contribution in [0.25, 0.3) is 11.0 Å². The predicted octanol–water partition coefficient (Wildman–Crippen LogP) is 1.49. The highest BCUT2D eigenvalue weighted by Crippen LogP contribution is 2.18. The van der Waals surface area contributed by atoms with Crippen LogP contribution in [0.5, 0.6) is 0 Å². The number of benzene rings is 1. The van der Waals surface area contributed by atoms with Gasteiger partial charge in [0.05, 0.1) is 19.0 Å². The van der Waals surface area contributed by atoms with Crippen LogP contribution in [-0.2, 0) is 4.74 Å². The van der Waals surface area contributed by atoms with Crippen LogP contribution in [0.3, 0.4) is 0 Å². The summed E-state index contributed by atoms with van der Waals surface area (Å²) in [5, 5.41) is 0. The topological polar surface area (TPSA) is 55.0 Å². The molecule has 0 aliphatic rings. The van der Waals surface area contributed by atoms with E-state index in [1.807, 2.05) is 0 Å². The molecule has 1 N–H and O–H groups in total. The average molecular weight is 194 g/mol. The largest absolute Gasteiger partial charge is 0.465 e. The smallest absolute Gasteiger partial charge is 0.343 e. The molecule has 5 heteroatoms. The van der Waals surface area contributed by atoms with Crippen LogP contribution in [0.15, 0.2) is 18.5 Å². The Morgan fingerprint density at radius 1 is 1.57 bits per heavy atom. The molecule has 1 aromatic heterocycles. The van der Waals surface area contributed by atoms with Gasteiger partial charge in [-0.2, -0.15) is 0 Å². The molecular formula is C9H7FN2O2. The van der Waals surface area contributed by atoms with Gasteiger partial charge in [0, 0.05) is 0 Å². The molecule has 14 heavy (non-hydrogen) atoms. The maximum absolute atomic E-state index is 13.3. The quantitative estimate of drug-likeness (QED) is 0.699. The first-order chi connectivity index (χ1) is 6.74. The molecule has 2 rings (SSSR count). The number of ether oxygens (including phenoxy) is 1. The molecule has 0 saturated heterocycles. The van der Waals surface area contributed by atoms with Gasteiger partial charge in [-0.25, -0.2) is 14.2 Å². The predicted molar refractivity (Wildman–Crippen MR) is 47.4 cm³/mol. The summed E-state index contributed by atoms with van der Waals surface area (Å²) in [5.74, 6) is -1.35. The number of aromatic amines is 1. The summed E-state index contributed by atoms with van der Waals surface area (Å²) < 4.78 is 17.7. The number of fused-ring (bicyclic) bond motifs is 1. The molecule has 0 aliphatic carbocycles. The summed E-state index contributed by atoms with van der Waals surface area (Å²) in [6, 6.07) is 2.72. The fourth-order valence-corrected chi connectivity index (χ4v) is 1.28. The van der Waals surface area contributed by atoms with E-state index in [4.69, 9.17) is 0 Å². The van der Waals surface area contributed by atoms with Crippen molar-refractivity contribution in [3.05, 3.63) is 29.8 Å². The fourth-order valence-electron chi connectivity index (χ4n) is 1.28. The lowest BCUT2D eigenvalue weighted by atomic mass is 10.2. The number of methoxy groups -OCH3 is 1. The maximum atomic E-state index is 13.3. The van der Waals surface area contributed by atoms with Gasteiger partial charge in [-0.05, 0) is 12.1 Å². The summed E-state index contributed by atoms with van der Waals surface area (Å²) >= 11 is 0. The summed E-state index contributed by atoms with van der Waals surface area (Å²) in [7, 11) is 1.20. The van der Waals surface area contributed by atoms with Gasteiger partial charge in [0.2, 0.25) is 0 Å². The molecule has 72 valence electrons. The third-order valence-corrected chi connectivity index (χ3v) is 1.93. The van der Waals surface area contributed by atoms with Gasteiger partial charge in [0.25, 0.3) is 0 Å². The zero-order valence-corrected chi connectivity index (χ0v) is 7.37. The van der Waals surface area contributed by atoms with E-state index in [2.05, 4.69) is 14.7 Å². The fraction of sp³-hybridized carbons (Fsp3) is 0.111. The minimum Gasteiger partial charge on any atom is -0.465 e. The van der Waals surface area contributed by atoms with Gasteiger partial charge in [-0.15, -0.1) is 0 Å². The molecular weight excluding hydrogens is 187 g/mol. The Kier molecular flexibility index (Phi) is 1.92. The molecule has 0 radical (unpaired) electrons. The normalized spacial score (nSPS) is 10.4. The van der Waals surface area contributed by atoms with Gasteiger partial charge >= 0.3 is 5.97 Å². The number of aromatic nitrogens is 2. The molecule has 2 aromatic rings. The maximum Gasteiger partial charge on any atom is 0.343 e. The van der Waals surface area contributed by atoms with E-state index in [1.165, 1.54) is 25.6 Å². The first-order valence-electron chi connectivity index (χ1n) is 3.94. The zero-order valence-electron chi connectivity index (χ0n) is 7.37. The van der Waals surface area contributed by atoms with Gasteiger partial charge in [-0.1, -0.05) is 0 Å². The van der Waals surface area contributed by atoms with Crippen molar-refractivity contribution >= 4 is 17.0 Å². The third kappa shape index (κ3) is 1.14. The van der Waals surface area contributed by atoms with Crippen molar-refractivity contribution in [1.29, 1.82) is 0 Å². The lowest BCUT2D eigenvalue weighted by molar-refractivity contribution is 0.0598. The highest BCUT2D eigenvalue weighted by atomic mass is 19.1. The van der Waals surface area contributed by atoms with Crippen molar-refractivity contribution < 1.29 is 13.9 Å². The number of nitrogens with one attached hydrogen (secondary N) is 1. The van der Waals surface area contributed by atoms with Gasteiger partial charge in [0.1, 0.15) is 16.9 Å². The van der Waals surface area contributed by atoms with E-state index in [0.717, 1.165) is 0 Å². The lowest BCUT2D eigenvalue weighted by Crippen LogP contribution is -2.05. The number of nitrogens with zero attached hydrogens (tertiary/aromatic N) is 1. The van der Waals surface area contributed by atoms with Crippen molar-refractivity contribution in [2.45, 2.75) is 0 Å². The summed E-state index contributed by atoms with van der Waals surface area (Å²) in [4.78, 5) is 17.9. The van der Waals surface area contributed by atoms with Crippen molar-refractivity contribution in [2.24, 2.45) is 0 Å². The molecule has 0 bridgehead atoms. The number of esters is 1. The number of hydrogen-bond donors (Lipinski definition) is 1. The van der Waals surface area contributed by atoms with Crippen LogP contribution in [-0.4, -0.2) is 23.0 Å². The molecule has 1 aromatic carbocycles. The van der Waals surface area contributed by atoms with Crippen molar-refractivity contribution in [3.63, 3.8) is 0 Å². The van der Waals surface area contributed by atoms with Crippen LogP contribution in [0, 0.1) is 5.82 Å². The van der Waals surface area contributed by atoms with E-state index in [1.54, 1.807) is 0 Å². The number of hydrogen-bond acceptors (Lipinski definition) is 3. The second kappa shape index (κ2) is 3.10. The molecule has 0 spiro atoms. The second-order valence-electron chi connectivity index (χ2n) is 2.71. The van der Waals surface area contributed by atoms with Crippen LogP contribution >= 0.6 is 0 Å². The SMILES string of the molecule is COC(=O)c1c(F)ccc2[nH]cnc12. The summed E-state index contributed by atoms with van der Waals surface area (Å²) in [5.41, 5.74) is 0.759. The van der Waals surface area contributed by atoms with Gasteiger partial charge < -0.3 is 9.72 Å². The number of halogens is 1. The van der Waals surface area contributed by atoms with Gasteiger partial charge in [-0.3, -0.25) is 0 Å². The molecule has 4 nitrogen and oxygen atoms in total. The molecule has 0 saturated carbocycles. The highest BCUT2D eigenvalue weighted by Gasteiger charge is 2.17. The van der Waals surface area contributed by atoms with E-state index in [0.29, 0.717) is 5.52 Å². The Hall–Kier alpha value is -1.91. The Morgan fingerprint density at radius 2 is 2.36 bits per heavy atom. The minimum atomic E-state index is -0.722. The van der Waals surface area contributed by atoms with Crippen molar-refractivity contribution in [2.75, 3.05) is 7.11 Å². The molecule has 0 atom stereocenters. The first-order valence-corrected chi connectivity index (χ1v) is 3.94. The van der Waals surface area contributed by atoms with Crippen LogP contribution < -0.4 is 0 Å². The molecule has 0 unspecified atom stereocenters. The zero-order chi connectivity index (χ0) is 10.1. The summed E-state index contributed by atoms with van der Waals surface area (Å²) in [6.07, 6.45) is 1.40. The molecule has 1 heterocycles. The molecule has 0 amide bonds. The van der Waals surface area contributed by atoms with E-state index < -0.39 is 11.8 Å². The Morgan fingerprint density at radius 3 is 3.07 bits per heavy atom. The molecule has 0 fully saturated rings. The van der Waals surface area contributed by atoms with Crippen LogP contribution in [0.4, 0.5) is 4.39 Å². The number of rotatable bonds is 1. The average Bonchev–Trinajstić information content (AvgIpc) is 2.64. The van der Waals surface area contributed by atoms with Crippen molar-refractivity contribution in [3.8, 4) is 0 Å². The number of carbonyl (C=O) groups excluding carboxylic acids is 1. The second-order valence-corrected chi connectivity index (χ2v) is 2.71. The summed E-state index contributed by atoms with van der Waals surface area (Å²) in [6.45, 7) is 0. The Labute approximate surface area is 78.7 Å².